The second-order valence-corrected chi connectivity index (χ2v) is 2.24. The largest absolute Gasteiger partial charge is 0.448 e. The van der Waals surface area contributed by atoms with Gasteiger partial charge in [-0.05, 0) is 6.92 Å². The molecule has 1 amide bonds. The average Bonchev–Trinajstić information content (AvgIpc) is 2.30. The minimum absolute atomic E-state index is 0.168. The number of amides is 1. The lowest BCUT2D eigenvalue weighted by Crippen LogP contribution is -2.19. The quantitative estimate of drug-likeness (QED) is 0.620. The Morgan fingerprint density at radius 1 is 1.73 bits per heavy atom. The Morgan fingerprint density at radius 3 is 2.73 bits per heavy atom. The number of furan rings is 1. The number of rotatable bonds is 1. The van der Waals surface area contributed by atoms with Gasteiger partial charge in [0.15, 0.2) is 0 Å². The molecule has 0 saturated carbocycles. The number of aryl methyl sites for hydroxylation is 1. The summed E-state index contributed by atoms with van der Waals surface area (Å²) in [6, 6.07) is 0. The van der Waals surface area contributed by atoms with E-state index >= 15 is 0 Å². The molecular formula is C7H10N2O2. The van der Waals surface area contributed by atoms with Gasteiger partial charge in [-0.1, -0.05) is 0 Å². The highest BCUT2D eigenvalue weighted by molar-refractivity contribution is 5.99. The van der Waals surface area contributed by atoms with Crippen LogP contribution in [0, 0.1) is 6.92 Å². The van der Waals surface area contributed by atoms with Gasteiger partial charge in [0.05, 0.1) is 6.26 Å². The fourth-order valence-electron chi connectivity index (χ4n) is 0.880. The van der Waals surface area contributed by atoms with Crippen molar-refractivity contribution < 1.29 is 9.21 Å². The van der Waals surface area contributed by atoms with Crippen LogP contribution >= 0.6 is 0 Å². The zero-order valence-corrected chi connectivity index (χ0v) is 6.47. The van der Waals surface area contributed by atoms with Gasteiger partial charge in [-0.3, -0.25) is 4.79 Å². The molecule has 3 N–H and O–H groups in total. The molecule has 1 heterocycles. The molecule has 60 valence electrons. The first-order valence-electron chi connectivity index (χ1n) is 3.22. The highest BCUT2D eigenvalue weighted by Gasteiger charge is 2.14. The van der Waals surface area contributed by atoms with Gasteiger partial charge in [-0.15, -0.1) is 0 Å². The molecule has 11 heavy (non-hydrogen) atoms. The molecule has 1 aromatic heterocycles. The normalized spacial score (nSPS) is 9.64. The summed E-state index contributed by atoms with van der Waals surface area (Å²) in [5.74, 6) is -0.0457. The van der Waals surface area contributed by atoms with Gasteiger partial charge in [0.2, 0.25) is 5.88 Å². The first-order valence-corrected chi connectivity index (χ1v) is 3.22. The van der Waals surface area contributed by atoms with Crippen LogP contribution in [0.4, 0.5) is 5.88 Å². The van der Waals surface area contributed by atoms with Crippen molar-refractivity contribution in [2.45, 2.75) is 6.92 Å². The second kappa shape index (κ2) is 2.65. The van der Waals surface area contributed by atoms with E-state index in [9.17, 15) is 4.79 Å². The molecule has 0 aliphatic rings. The SMILES string of the molecule is CNC(=O)c1c(C)coc1N. The summed E-state index contributed by atoms with van der Waals surface area (Å²) in [4.78, 5) is 11.1. The number of nitrogens with two attached hydrogens (primary N) is 1. The van der Waals surface area contributed by atoms with E-state index in [-0.39, 0.29) is 11.8 Å². The zero-order chi connectivity index (χ0) is 8.43. The maximum atomic E-state index is 11.1. The van der Waals surface area contributed by atoms with Crippen molar-refractivity contribution in [3.05, 3.63) is 17.4 Å². The topological polar surface area (TPSA) is 68.3 Å². The van der Waals surface area contributed by atoms with Crippen molar-refractivity contribution in [3.8, 4) is 0 Å². The van der Waals surface area contributed by atoms with E-state index < -0.39 is 0 Å². The van der Waals surface area contributed by atoms with E-state index in [0.29, 0.717) is 5.56 Å². The molecule has 0 aromatic carbocycles. The Balaban J connectivity index is 3.10. The van der Waals surface area contributed by atoms with E-state index in [1.807, 2.05) is 0 Å². The van der Waals surface area contributed by atoms with Crippen molar-refractivity contribution in [2.75, 3.05) is 12.8 Å². The lowest BCUT2D eigenvalue weighted by atomic mass is 10.2. The van der Waals surface area contributed by atoms with Gasteiger partial charge < -0.3 is 15.5 Å². The summed E-state index contributed by atoms with van der Waals surface area (Å²) >= 11 is 0. The number of nitrogens with one attached hydrogen (secondary N) is 1. The van der Waals surface area contributed by atoms with E-state index in [2.05, 4.69) is 5.32 Å². The summed E-state index contributed by atoms with van der Waals surface area (Å²) < 4.78 is 4.84. The van der Waals surface area contributed by atoms with Crippen LogP contribution in [0.5, 0.6) is 0 Å². The smallest absolute Gasteiger partial charge is 0.256 e. The summed E-state index contributed by atoms with van der Waals surface area (Å²) in [5.41, 5.74) is 6.57. The summed E-state index contributed by atoms with van der Waals surface area (Å²) in [6.07, 6.45) is 1.46. The molecule has 1 rings (SSSR count). The summed E-state index contributed by atoms with van der Waals surface area (Å²) in [6.45, 7) is 1.77. The summed E-state index contributed by atoms with van der Waals surface area (Å²) in [7, 11) is 1.55. The number of hydrogen-bond donors (Lipinski definition) is 2. The van der Waals surface area contributed by atoms with Crippen molar-refractivity contribution in [1.82, 2.24) is 5.32 Å². The van der Waals surface area contributed by atoms with E-state index in [0.717, 1.165) is 5.56 Å². The van der Waals surface area contributed by atoms with Gasteiger partial charge in [-0.2, -0.15) is 0 Å². The minimum Gasteiger partial charge on any atom is -0.448 e. The third kappa shape index (κ3) is 1.19. The third-order valence-electron chi connectivity index (χ3n) is 1.46. The standard InChI is InChI=1S/C7H10N2O2/c1-4-3-11-6(8)5(4)7(10)9-2/h3H,8H2,1-2H3,(H,9,10). The van der Waals surface area contributed by atoms with Crippen molar-refractivity contribution in [3.63, 3.8) is 0 Å². The van der Waals surface area contributed by atoms with Crippen LogP contribution in [0.3, 0.4) is 0 Å². The predicted molar refractivity (Wildman–Crippen MR) is 41.2 cm³/mol. The molecule has 0 aliphatic heterocycles. The number of nitrogen functional groups attached to an aromatic ring is 1. The zero-order valence-electron chi connectivity index (χ0n) is 6.47. The van der Waals surface area contributed by atoms with Gasteiger partial charge in [0.1, 0.15) is 5.56 Å². The molecule has 0 bridgehead atoms. The van der Waals surface area contributed by atoms with Gasteiger partial charge in [0.25, 0.3) is 5.91 Å². The van der Waals surface area contributed by atoms with E-state index in [1.54, 1.807) is 14.0 Å². The number of carbonyl (C=O) groups is 1. The van der Waals surface area contributed by atoms with Crippen LogP contribution in [0.25, 0.3) is 0 Å². The molecule has 0 atom stereocenters. The highest BCUT2D eigenvalue weighted by atomic mass is 16.3. The molecule has 0 fully saturated rings. The first-order chi connectivity index (χ1) is 5.16. The minimum atomic E-state index is -0.214. The van der Waals surface area contributed by atoms with Crippen LogP contribution in [0.2, 0.25) is 0 Å². The molecule has 4 heteroatoms. The fraction of sp³-hybridized carbons (Fsp3) is 0.286. The Kier molecular flexibility index (Phi) is 1.85. The van der Waals surface area contributed by atoms with Gasteiger partial charge in [0, 0.05) is 12.6 Å². The van der Waals surface area contributed by atoms with E-state index in [1.165, 1.54) is 6.26 Å². The predicted octanol–water partition coefficient (Wildman–Crippen LogP) is 0.530. The van der Waals surface area contributed by atoms with E-state index in [4.69, 9.17) is 10.2 Å². The lowest BCUT2D eigenvalue weighted by molar-refractivity contribution is 0.0963. The molecule has 0 radical (unpaired) electrons. The Morgan fingerprint density at radius 2 is 2.36 bits per heavy atom. The number of hydrogen-bond acceptors (Lipinski definition) is 3. The van der Waals surface area contributed by atoms with Crippen LogP contribution in [-0.4, -0.2) is 13.0 Å². The molecule has 0 aliphatic carbocycles. The molecule has 0 saturated heterocycles. The third-order valence-corrected chi connectivity index (χ3v) is 1.46. The first kappa shape index (κ1) is 7.65. The average molecular weight is 154 g/mol. The van der Waals surface area contributed by atoms with Gasteiger partial charge >= 0.3 is 0 Å². The second-order valence-electron chi connectivity index (χ2n) is 2.24. The van der Waals surface area contributed by atoms with Gasteiger partial charge in [-0.25, -0.2) is 0 Å². The molecular weight excluding hydrogens is 144 g/mol. The molecule has 1 aromatic rings. The Hall–Kier alpha value is -1.45. The van der Waals surface area contributed by atoms with Crippen LogP contribution in [0.1, 0.15) is 15.9 Å². The van der Waals surface area contributed by atoms with Crippen molar-refractivity contribution >= 4 is 11.8 Å². The van der Waals surface area contributed by atoms with Crippen molar-refractivity contribution in [2.24, 2.45) is 0 Å². The highest BCUT2D eigenvalue weighted by Crippen LogP contribution is 2.17. The Labute approximate surface area is 64.4 Å². The molecule has 0 spiro atoms. The van der Waals surface area contributed by atoms with Crippen LogP contribution in [0.15, 0.2) is 10.7 Å². The molecule has 0 unspecified atom stereocenters. The van der Waals surface area contributed by atoms with Crippen molar-refractivity contribution in [1.29, 1.82) is 0 Å². The Bertz CT molecular complexity index is 258. The summed E-state index contributed by atoms with van der Waals surface area (Å²) in [5, 5.41) is 2.47. The van der Waals surface area contributed by atoms with Crippen LogP contribution < -0.4 is 11.1 Å². The van der Waals surface area contributed by atoms with Crippen LogP contribution in [-0.2, 0) is 0 Å². The maximum absolute atomic E-state index is 11.1. The lowest BCUT2D eigenvalue weighted by Gasteiger charge is -1.96. The number of anilines is 1. The fourth-order valence-corrected chi connectivity index (χ4v) is 0.880. The molecule has 4 nitrogen and oxygen atoms in total. The monoisotopic (exact) mass is 154 g/mol. The maximum Gasteiger partial charge on any atom is 0.256 e. The number of carbonyl (C=O) groups excluding carboxylic acids is 1.